The molecule has 0 saturated heterocycles. The molecular weight excluding hydrogens is 266 g/mol. The fourth-order valence-corrected chi connectivity index (χ4v) is 3.58. The first kappa shape index (κ1) is 16.1. The maximum absolute atomic E-state index is 5.92. The lowest BCUT2D eigenvalue weighted by Crippen LogP contribution is -2.53. The number of benzene rings is 1. The minimum atomic E-state index is 0.0500. The monoisotopic (exact) mass is 293 g/mol. The average molecular weight is 293 g/mol. The Bertz CT molecular complexity index is 471. The van der Waals surface area contributed by atoms with Crippen molar-refractivity contribution in [1.29, 1.82) is 0 Å². The van der Waals surface area contributed by atoms with Crippen molar-refractivity contribution < 1.29 is 9.47 Å². The van der Waals surface area contributed by atoms with Gasteiger partial charge in [0, 0.05) is 5.54 Å². The van der Waals surface area contributed by atoms with Crippen molar-refractivity contribution in [3.05, 3.63) is 23.8 Å². The number of methoxy groups -OCH3 is 2. The van der Waals surface area contributed by atoms with Crippen LogP contribution in [0.1, 0.15) is 37.3 Å². The Kier molecular flexibility index (Phi) is 5.08. The minimum absolute atomic E-state index is 0.0500. The van der Waals surface area contributed by atoms with Crippen molar-refractivity contribution in [2.75, 3.05) is 28.3 Å². The molecule has 1 aromatic carbocycles. The first-order valence-electron chi connectivity index (χ1n) is 7.44. The number of nitrogens with zero attached hydrogens (tertiary/aromatic N) is 1. The van der Waals surface area contributed by atoms with Gasteiger partial charge < -0.3 is 14.4 Å². The van der Waals surface area contributed by atoms with Gasteiger partial charge in [0.05, 0.1) is 20.3 Å². The molecule has 0 radical (unpaired) electrons. The van der Waals surface area contributed by atoms with E-state index in [0.717, 1.165) is 29.9 Å². The highest BCUT2D eigenvalue weighted by atomic mass is 16.5. The van der Waals surface area contributed by atoms with Gasteiger partial charge in [-0.25, -0.2) is 0 Å². The predicted molar refractivity (Wildman–Crippen MR) is 84.5 cm³/mol. The fourth-order valence-electron chi connectivity index (χ4n) is 3.58. The molecular formula is C16H27N3O2. The van der Waals surface area contributed by atoms with Crippen LogP contribution in [0.25, 0.3) is 0 Å². The molecule has 21 heavy (non-hydrogen) atoms. The maximum atomic E-state index is 5.92. The number of hydrogen-bond acceptors (Lipinski definition) is 5. The summed E-state index contributed by atoms with van der Waals surface area (Å²) in [5.74, 6) is 7.40. The van der Waals surface area contributed by atoms with Crippen LogP contribution in [0.5, 0.6) is 11.5 Å². The van der Waals surface area contributed by atoms with Gasteiger partial charge in [-0.05, 0) is 44.6 Å². The van der Waals surface area contributed by atoms with Gasteiger partial charge >= 0.3 is 0 Å². The SMILES string of the molecule is COc1ccc(C(NN)C2(N(C)C)CCCC2)cc1OC. The third kappa shape index (κ3) is 2.86. The highest BCUT2D eigenvalue weighted by Crippen LogP contribution is 2.44. The second-order valence-corrected chi connectivity index (χ2v) is 5.92. The van der Waals surface area contributed by atoms with E-state index in [1.54, 1.807) is 14.2 Å². The fraction of sp³-hybridized carbons (Fsp3) is 0.625. The number of nitrogens with two attached hydrogens (primary N) is 1. The van der Waals surface area contributed by atoms with Crippen molar-refractivity contribution >= 4 is 0 Å². The van der Waals surface area contributed by atoms with E-state index in [1.165, 1.54) is 12.8 Å². The van der Waals surface area contributed by atoms with E-state index in [4.69, 9.17) is 15.3 Å². The van der Waals surface area contributed by atoms with Gasteiger partial charge in [-0.2, -0.15) is 0 Å². The second-order valence-electron chi connectivity index (χ2n) is 5.92. The standard InChI is InChI=1S/C16H27N3O2/c1-19(2)16(9-5-6-10-16)15(18-17)12-7-8-13(20-3)14(11-12)21-4/h7-8,11,15,18H,5-6,9-10,17H2,1-4H3. The lowest BCUT2D eigenvalue weighted by atomic mass is 9.82. The van der Waals surface area contributed by atoms with Crippen molar-refractivity contribution in [3.63, 3.8) is 0 Å². The molecule has 1 aromatic rings. The molecule has 1 aliphatic rings. The summed E-state index contributed by atoms with van der Waals surface area (Å²) in [4.78, 5) is 2.31. The molecule has 5 nitrogen and oxygen atoms in total. The van der Waals surface area contributed by atoms with Crippen LogP contribution in [0, 0.1) is 0 Å². The van der Waals surface area contributed by atoms with Gasteiger partial charge in [0.2, 0.25) is 0 Å². The van der Waals surface area contributed by atoms with Gasteiger partial charge in [0.25, 0.3) is 0 Å². The summed E-state index contributed by atoms with van der Waals surface area (Å²) in [6.07, 6.45) is 4.76. The minimum Gasteiger partial charge on any atom is -0.493 e. The van der Waals surface area contributed by atoms with Crippen LogP contribution >= 0.6 is 0 Å². The van der Waals surface area contributed by atoms with Gasteiger partial charge in [0.1, 0.15) is 0 Å². The van der Waals surface area contributed by atoms with Crippen LogP contribution in [-0.2, 0) is 0 Å². The van der Waals surface area contributed by atoms with Crippen LogP contribution in [-0.4, -0.2) is 38.8 Å². The van der Waals surface area contributed by atoms with Gasteiger partial charge in [0.15, 0.2) is 11.5 Å². The number of nitrogens with one attached hydrogen (secondary N) is 1. The zero-order valence-corrected chi connectivity index (χ0v) is 13.5. The molecule has 1 saturated carbocycles. The normalized spacial score (nSPS) is 18.8. The highest BCUT2D eigenvalue weighted by Gasteiger charge is 2.43. The van der Waals surface area contributed by atoms with E-state index in [2.05, 4.69) is 30.5 Å². The summed E-state index contributed by atoms with van der Waals surface area (Å²) in [6.45, 7) is 0. The first-order chi connectivity index (χ1) is 10.1. The molecule has 0 aliphatic heterocycles. The Hall–Kier alpha value is -1.30. The summed E-state index contributed by atoms with van der Waals surface area (Å²) < 4.78 is 10.7. The molecule has 0 bridgehead atoms. The quantitative estimate of drug-likeness (QED) is 0.621. The third-order valence-corrected chi connectivity index (χ3v) is 4.80. The first-order valence-corrected chi connectivity index (χ1v) is 7.44. The van der Waals surface area contributed by atoms with Gasteiger partial charge in [-0.15, -0.1) is 0 Å². The molecule has 1 fully saturated rings. The molecule has 2 rings (SSSR count). The molecule has 118 valence electrons. The molecule has 5 heteroatoms. The average Bonchev–Trinajstić information content (AvgIpc) is 2.98. The Balaban J connectivity index is 2.41. The van der Waals surface area contributed by atoms with Crippen LogP contribution in [0.4, 0.5) is 0 Å². The van der Waals surface area contributed by atoms with E-state index < -0.39 is 0 Å². The smallest absolute Gasteiger partial charge is 0.161 e. The topological polar surface area (TPSA) is 59.8 Å². The van der Waals surface area contributed by atoms with Crippen LogP contribution in [0.15, 0.2) is 18.2 Å². The Morgan fingerprint density at radius 2 is 1.76 bits per heavy atom. The number of ether oxygens (including phenoxy) is 2. The number of hydrogen-bond donors (Lipinski definition) is 2. The van der Waals surface area contributed by atoms with Gasteiger partial charge in [-0.3, -0.25) is 11.3 Å². The zero-order chi connectivity index (χ0) is 15.5. The molecule has 1 unspecified atom stereocenters. The lowest BCUT2D eigenvalue weighted by molar-refractivity contribution is 0.104. The molecule has 1 aliphatic carbocycles. The van der Waals surface area contributed by atoms with E-state index in [1.807, 2.05) is 12.1 Å². The van der Waals surface area contributed by atoms with Crippen LogP contribution in [0.2, 0.25) is 0 Å². The molecule has 1 atom stereocenters. The van der Waals surface area contributed by atoms with E-state index in [-0.39, 0.29) is 11.6 Å². The summed E-state index contributed by atoms with van der Waals surface area (Å²) in [5, 5.41) is 0. The largest absolute Gasteiger partial charge is 0.493 e. The Morgan fingerprint density at radius 3 is 2.24 bits per heavy atom. The van der Waals surface area contributed by atoms with E-state index in [9.17, 15) is 0 Å². The van der Waals surface area contributed by atoms with Crippen molar-refractivity contribution in [2.45, 2.75) is 37.3 Å². The Labute approximate surface area is 127 Å². The molecule has 0 heterocycles. The summed E-state index contributed by atoms with van der Waals surface area (Å²) in [7, 11) is 7.57. The maximum Gasteiger partial charge on any atom is 0.161 e. The number of likely N-dealkylation sites (N-methyl/N-ethyl adjacent to an activating group) is 1. The Morgan fingerprint density at radius 1 is 1.14 bits per heavy atom. The lowest BCUT2D eigenvalue weighted by Gasteiger charge is -2.43. The van der Waals surface area contributed by atoms with Crippen molar-refractivity contribution in [1.82, 2.24) is 10.3 Å². The summed E-state index contributed by atoms with van der Waals surface area (Å²) in [6, 6.07) is 6.09. The van der Waals surface area contributed by atoms with Crippen LogP contribution < -0.4 is 20.7 Å². The van der Waals surface area contributed by atoms with Crippen LogP contribution in [0.3, 0.4) is 0 Å². The zero-order valence-electron chi connectivity index (χ0n) is 13.5. The third-order valence-electron chi connectivity index (χ3n) is 4.80. The van der Waals surface area contributed by atoms with Crippen molar-refractivity contribution in [3.8, 4) is 11.5 Å². The molecule has 3 N–H and O–H groups in total. The number of rotatable bonds is 6. The second kappa shape index (κ2) is 6.64. The predicted octanol–water partition coefficient (Wildman–Crippen LogP) is 2.08. The van der Waals surface area contributed by atoms with Crippen molar-refractivity contribution in [2.24, 2.45) is 5.84 Å². The molecule has 0 amide bonds. The van der Waals surface area contributed by atoms with Gasteiger partial charge in [-0.1, -0.05) is 18.9 Å². The number of hydrazine groups is 1. The molecule has 0 aromatic heterocycles. The van der Waals surface area contributed by atoms with E-state index in [0.29, 0.717) is 0 Å². The molecule has 0 spiro atoms. The highest BCUT2D eigenvalue weighted by molar-refractivity contribution is 5.44. The summed E-state index contributed by atoms with van der Waals surface area (Å²) >= 11 is 0. The summed E-state index contributed by atoms with van der Waals surface area (Å²) in [5.41, 5.74) is 4.21. The van der Waals surface area contributed by atoms with E-state index >= 15 is 0 Å².